The number of hydrogen-bond donors (Lipinski definition) is 0. The first-order valence-electron chi connectivity index (χ1n) is 4.29. The van der Waals surface area contributed by atoms with Crippen molar-refractivity contribution < 1.29 is 14.2 Å². The van der Waals surface area contributed by atoms with Crippen molar-refractivity contribution in [2.24, 2.45) is 0 Å². The van der Waals surface area contributed by atoms with Crippen LogP contribution in [0.15, 0.2) is 12.1 Å². The normalized spacial score (nSPS) is 19.2. The maximum atomic E-state index is 5.94. The number of benzene rings is 1. The predicted octanol–water partition coefficient (Wildman–Crippen LogP) is 2.43. The highest BCUT2D eigenvalue weighted by Gasteiger charge is 2.30. The van der Waals surface area contributed by atoms with E-state index in [1.54, 1.807) is 20.3 Å². The first-order valence-corrected chi connectivity index (χ1v) is 4.67. The van der Waals surface area contributed by atoms with Crippen molar-refractivity contribution in [3.63, 3.8) is 0 Å². The van der Waals surface area contributed by atoms with Crippen molar-refractivity contribution >= 4 is 11.6 Å². The van der Waals surface area contributed by atoms with Crippen molar-refractivity contribution in [1.29, 1.82) is 0 Å². The van der Waals surface area contributed by atoms with E-state index in [1.165, 1.54) is 0 Å². The molecule has 1 aromatic carbocycles. The smallest absolute Gasteiger partial charge is 0.166 e. The van der Waals surface area contributed by atoms with E-state index >= 15 is 0 Å². The summed E-state index contributed by atoms with van der Waals surface area (Å²) in [6.07, 6.45) is 0.109. The van der Waals surface area contributed by atoms with Crippen LogP contribution in [0.4, 0.5) is 0 Å². The number of halogens is 1. The average Bonchev–Trinajstić information content (AvgIpc) is 2.99. The number of rotatable bonds is 3. The number of methoxy groups -OCH3 is 2. The average molecular weight is 215 g/mol. The van der Waals surface area contributed by atoms with Crippen molar-refractivity contribution in [2.45, 2.75) is 6.10 Å². The summed E-state index contributed by atoms with van der Waals surface area (Å²) in [4.78, 5) is 0. The maximum absolute atomic E-state index is 5.94. The quantitative estimate of drug-likeness (QED) is 0.725. The standard InChI is InChI=1S/C10H11ClO3/c1-12-8-4-6(11)3-7(9-5-14-9)10(8)13-2/h3-4,9H,5H2,1-2H3/t9-/m0/s1. The van der Waals surface area contributed by atoms with E-state index in [9.17, 15) is 0 Å². The van der Waals surface area contributed by atoms with Gasteiger partial charge in [-0.2, -0.15) is 0 Å². The highest BCUT2D eigenvalue weighted by Crippen LogP contribution is 2.43. The van der Waals surface area contributed by atoms with Gasteiger partial charge < -0.3 is 14.2 Å². The molecule has 1 aromatic rings. The fourth-order valence-corrected chi connectivity index (χ4v) is 1.64. The zero-order valence-corrected chi connectivity index (χ0v) is 8.80. The van der Waals surface area contributed by atoms with Gasteiger partial charge in [0.25, 0.3) is 0 Å². The minimum atomic E-state index is 0.109. The van der Waals surface area contributed by atoms with Gasteiger partial charge in [0.1, 0.15) is 6.10 Å². The van der Waals surface area contributed by atoms with Crippen LogP contribution in [0.5, 0.6) is 11.5 Å². The van der Waals surface area contributed by atoms with Crippen molar-refractivity contribution in [3.8, 4) is 11.5 Å². The minimum Gasteiger partial charge on any atom is -0.493 e. The Hall–Kier alpha value is -0.930. The topological polar surface area (TPSA) is 31.0 Å². The summed E-state index contributed by atoms with van der Waals surface area (Å²) in [7, 11) is 3.20. The molecular formula is C10H11ClO3. The SMILES string of the molecule is COc1cc(Cl)cc([C@@H]2CO2)c1OC. The molecule has 14 heavy (non-hydrogen) atoms. The molecule has 1 aliphatic heterocycles. The zero-order valence-electron chi connectivity index (χ0n) is 8.04. The lowest BCUT2D eigenvalue weighted by molar-refractivity contribution is 0.343. The summed E-state index contributed by atoms with van der Waals surface area (Å²) in [5, 5.41) is 0.633. The molecule has 4 heteroatoms. The van der Waals surface area contributed by atoms with Gasteiger partial charge in [-0.3, -0.25) is 0 Å². The van der Waals surface area contributed by atoms with E-state index in [2.05, 4.69) is 0 Å². The summed E-state index contributed by atoms with van der Waals surface area (Å²) in [6.45, 7) is 0.722. The summed E-state index contributed by atoms with van der Waals surface area (Å²) in [6, 6.07) is 3.58. The Kier molecular flexibility index (Phi) is 2.52. The van der Waals surface area contributed by atoms with Crippen molar-refractivity contribution in [3.05, 3.63) is 22.7 Å². The second kappa shape index (κ2) is 3.67. The van der Waals surface area contributed by atoms with Gasteiger partial charge in [0.05, 0.1) is 20.8 Å². The van der Waals surface area contributed by atoms with Crippen molar-refractivity contribution in [1.82, 2.24) is 0 Å². The molecule has 3 nitrogen and oxygen atoms in total. The molecule has 1 heterocycles. The zero-order chi connectivity index (χ0) is 10.1. The number of hydrogen-bond acceptors (Lipinski definition) is 3. The Bertz CT molecular complexity index is 347. The predicted molar refractivity (Wildman–Crippen MR) is 53.2 cm³/mol. The largest absolute Gasteiger partial charge is 0.493 e. The van der Waals surface area contributed by atoms with E-state index in [-0.39, 0.29) is 6.10 Å². The van der Waals surface area contributed by atoms with Crippen LogP contribution < -0.4 is 9.47 Å². The summed E-state index contributed by atoms with van der Waals surface area (Å²) in [5.74, 6) is 1.35. The third-order valence-corrected chi connectivity index (χ3v) is 2.37. The van der Waals surface area contributed by atoms with E-state index in [0.29, 0.717) is 16.5 Å². The Morgan fingerprint density at radius 1 is 1.36 bits per heavy atom. The molecule has 2 rings (SSSR count). The van der Waals surface area contributed by atoms with Crippen LogP contribution in [0.1, 0.15) is 11.7 Å². The van der Waals surface area contributed by atoms with E-state index in [4.69, 9.17) is 25.8 Å². The molecule has 1 atom stereocenters. The van der Waals surface area contributed by atoms with Gasteiger partial charge in [0.15, 0.2) is 11.5 Å². The van der Waals surface area contributed by atoms with Gasteiger partial charge in [0.2, 0.25) is 0 Å². The lowest BCUT2D eigenvalue weighted by Crippen LogP contribution is -1.95. The minimum absolute atomic E-state index is 0.109. The number of epoxide rings is 1. The van der Waals surface area contributed by atoms with Crippen LogP contribution in [0.25, 0.3) is 0 Å². The third-order valence-electron chi connectivity index (χ3n) is 2.15. The van der Waals surface area contributed by atoms with Crippen LogP contribution in [0, 0.1) is 0 Å². The molecular weight excluding hydrogens is 204 g/mol. The van der Waals surface area contributed by atoms with Gasteiger partial charge in [0, 0.05) is 16.7 Å². The third kappa shape index (κ3) is 1.65. The Morgan fingerprint density at radius 3 is 2.57 bits per heavy atom. The lowest BCUT2D eigenvalue weighted by Gasteiger charge is -2.11. The highest BCUT2D eigenvalue weighted by molar-refractivity contribution is 6.30. The van der Waals surface area contributed by atoms with Crippen LogP contribution >= 0.6 is 11.6 Å². The second-order valence-corrected chi connectivity index (χ2v) is 3.49. The molecule has 0 unspecified atom stereocenters. The molecule has 0 aromatic heterocycles. The molecule has 1 aliphatic rings. The van der Waals surface area contributed by atoms with Gasteiger partial charge in [-0.1, -0.05) is 11.6 Å². The van der Waals surface area contributed by atoms with E-state index in [0.717, 1.165) is 12.2 Å². The first kappa shape index (κ1) is 9.62. The van der Waals surface area contributed by atoms with Crippen LogP contribution in [-0.4, -0.2) is 20.8 Å². The molecule has 0 bridgehead atoms. The molecule has 0 amide bonds. The van der Waals surface area contributed by atoms with E-state index < -0.39 is 0 Å². The molecule has 0 aliphatic carbocycles. The Labute approximate surface area is 87.5 Å². The molecule has 0 N–H and O–H groups in total. The summed E-state index contributed by atoms with van der Waals surface area (Å²) >= 11 is 5.94. The molecule has 76 valence electrons. The Morgan fingerprint density at radius 2 is 2.07 bits per heavy atom. The van der Waals surface area contributed by atoms with Gasteiger partial charge >= 0.3 is 0 Å². The second-order valence-electron chi connectivity index (χ2n) is 3.05. The first-order chi connectivity index (χ1) is 6.76. The monoisotopic (exact) mass is 214 g/mol. The molecule has 0 saturated carbocycles. The summed E-state index contributed by atoms with van der Waals surface area (Å²) in [5.41, 5.74) is 0.955. The summed E-state index contributed by atoms with van der Waals surface area (Å²) < 4.78 is 15.6. The molecule has 1 fully saturated rings. The van der Waals surface area contributed by atoms with E-state index in [1.807, 2.05) is 6.07 Å². The molecule has 1 saturated heterocycles. The fraction of sp³-hybridized carbons (Fsp3) is 0.400. The Balaban J connectivity index is 2.49. The fourth-order valence-electron chi connectivity index (χ4n) is 1.43. The lowest BCUT2D eigenvalue weighted by atomic mass is 10.1. The van der Waals surface area contributed by atoms with Crippen molar-refractivity contribution in [2.75, 3.05) is 20.8 Å². The highest BCUT2D eigenvalue weighted by atomic mass is 35.5. The molecule has 0 spiro atoms. The van der Waals surface area contributed by atoms with Crippen LogP contribution in [0.2, 0.25) is 5.02 Å². The number of ether oxygens (including phenoxy) is 3. The van der Waals surface area contributed by atoms with Crippen LogP contribution in [-0.2, 0) is 4.74 Å². The van der Waals surface area contributed by atoms with Crippen LogP contribution in [0.3, 0.4) is 0 Å². The molecule has 0 radical (unpaired) electrons. The van der Waals surface area contributed by atoms with Gasteiger partial charge in [-0.15, -0.1) is 0 Å². The van der Waals surface area contributed by atoms with Gasteiger partial charge in [-0.05, 0) is 6.07 Å². The van der Waals surface area contributed by atoms with Gasteiger partial charge in [-0.25, -0.2) is 0 Å². The maximum Gasteiger partial charge on any atom is 0.166 e.